The number of thiophene rings is 1. The first-order chi connectivity index (χ1) is 12.5. The average Bonchev–Trinajstić information content (AvgIpc) is 3.19. The molecule has 1 aliphatic rings. The van der Waals surface area contributed by atoms with E-state index in [0.717, 1.165) is 57.1 Å². The van der Waals surface area contributed by atoms with Crippen molar-refractivity contribution in [1.29, 1.82) is 0 Å². The molecule has 0 aliphatic carbocycles. The van der Waals surface area contributed by atoms with Crippen LogP contribution >= 0.6 is 27.3 Å². The highest BCUT2D eigenvalue weighted by Crippen LogP contribution is 2.31. The minimum atomic E-state index is 0.0287. The van der Waals surface area contributed by atoms with Gasteiger partial charge in [0.05, 0.1) is 10.3 Å². The zero-order chi connectivity index (χ0) is 18.3. The van der Waals surface area contributed by atoms with Crippen molar-refractivity contribution < 1.29 is 4.79 Å². The number of nitrogens with zero attached hydrogens (tertiary/aromatic N) is 5. The van der Waals surface area contributed by atoms with Gasteiger partial charge >= 0.3 is 0 Å². The molecule has 1 saturated heterocycles. The van der Waals surface area contributed by atoms with Crippen molar-refractivity contribution in [3.63, 3.8) is 0 Å². The predicted octanol–water partition coefficient (Wildman–Crippen LogP) is 2.89. The molecule has 0 unspecified atom stereocenters. The van der Waals surface area contributed by atoms with Gasteiger partial charge in [-0.1, -0.05) is 0 Å². The smallest absolute Gasteiger partial charge is 0.261 e. The number of hydrogen-bond acceptors (Lipinski definition) is 6. The lowest BCUT2D eigenvalue weighted by molar-refractivity contribution is 0.0935. The van der Waals surface area contributed by atoms with Gasteiger partial charge in [0, 0.05) is 31.1 Å². The first kappa shape index (κ1) is 17.4. The van der Waals surface area contributed by atoms with E-state index in [0.29, 0.717) is 0 Å². The van der Waals surface area contributed by atoms with E-state index < -0.39 is 0 Å². The highest BCUT2D eigenvalue weighted by molar-refractivity contribution is 9.10. The Balaban J connectivity index is 1.45. The lowest BCUT2D eigenvalue weighted by atomic mass is 10.0. The number of anilines is 1. The third kappa shape index (κ3) is 3.21. The van der Waals surface area contributed by atoms with Crippen LogP contribution in [0.15, 0.2) is 23.1 Å². The van der Waals surface area contributed by atoms with E-state index >= 15 is 0 Å². The van der Waals surface area contributed by atoms with Gasteiger partial charge in [-0.25, -0.2) is 14.6 Å². The largest absolute Gasteiger partial charge is 0.356 e. The fourth-order valence-electron chi connectivity index (χ4n) is 3.31. The van der Waals surface area contributed by atoms with Gasteiger partial charge in [-0.3, -0.25) is 4.79 Å². The van der Waals surface area contributed by atoms with Crippen LogP contribution in [0, 0.1) is 6.92 Å². The Morgan fingerprint density at radius 2 is 2.08 bits per heavy atom. The Labute approximate surface area is 163 Å². The van der Waals surface area contributed by atoms with Crippen molar-refractivity contribution >= 4 is 50.0 Å². The zero-order valence-electron chi connectivity index (χ0n) is 14.6. The van der Waals surface area contributed by atoms with E-state index in [2.05, 4.69) is 41.2 Å². The number of fused-ring (bicyclic) bond motifs is 1. The van der Waals surface area contributed by atoms with E-state index in [-0.39, 0.29) is 11.9 Å². The van der Waals surface area contributed by atoms with Crippen LogP contribution in [-0.4, -0.2) is 44.8 Å². The number of nitrogens with one attached hydrogen (secondary N) is 1. The predicted molar refractivity (Wildman–Crippen MR) is 106 cm³/mol. The summed E-state index contributed by atoms with van der Waals surface area (Å²) in [7, 11) is 1.87. The topological polar surface area (TPSA) is 75.9 Å². The fraction of sp³-hybridized carbons (Fsp3) is 0.412. The second kappa shape index (κ2) is 6.96. The second-order valence-corrected chi connectivity index (χ2v) is 8.49. The maximum Gasteiger partial charge on any atom is 0.261 e. The van der Waals surface area contributed by atoms with Gasteiger partial charge in [-0.2, -0.15) is 5.10 Å². The van der Waals surface area contributed by atoms with Gasteiger partial charge in [0.25, 0.3) is 5.91 Å². The number of aryl methyl sites for hydroxylation is 2. The molecule has 0 saturated carbocycles. The third-order valence-electron chi connectivity index (χ3n) is 4.65. The molecule has 0 bridgehead atoms. The van der Waals surface area contributed by atoms with E-state index in [1.807, 2.05) is 26.1 Å². The summed E-state index contributed by atoms with van der Waals surface area (Å²) in [6.45, 7) is 3.68. The Kier molecular flexibility index (Phi) is 4.66. The summed E-state index contributed by atoms with van der Waals surface area (Å²) < 4.78 is 2.51. The Morgan fingerprint density at radius 1 is 1.31 bits per heavy atom. The van der Waals surface area contributed by atoms with Crippen LogP contribution in [0.2, 0.25) is 0 Å². The molecular formula is C17H19BrN6OS. The van der Waals surface area contributed by atoms with Crippen LogP contribution in [0.4, 0.5) is 5.82 Å². The SMILES string of the molecule is Cc1ccc(C(=O)NC2CCN(c3ncnc4c3c(Br)nn4C)CC2)s1. The Morgan fingerprint density at radius 3 is 2.77 bits per heavy atom. The fourth-order valence-corrected chi connectivity index (χ4v) is 4.68. The first-order valence-corrected chi connectivity index (χ1v) is 10.1. The van der Waals surface area contributed by atoms with Crippen molar-refractivity contribution in [3.05, 3.63) is 32.8 Å². The maximum atomic E-state index is 12.3. The molecule has 1 N–H and O–H groups in total. The molecule has 4 heterocycles. The van der Waals surface area contributed by atoms with E-state index in [1.165, 1.54) is 11.3 Å². The van der Waals surface area contributed by atoms with E-state index in [9.17, 15) is 4.79 Å². The van der Waals surface area contributed by atoms with Crippen LogP contribution < -0.4 is 10.2 Å². The van der Waals surface area contributed by atoms with Crippen LogP contribution in [0.3, 0.4) is 0 Å². The highest BCUT2D eigenvalue weighted by Gasteiger charge is 2.25. The van der Waals surface area contributed by atoms with Crippen molar-refractivity contribution in [2.24, 2.45) is 7.05 Å². The Hall–Kier alpha value is -2.00. The minimum absolute atomic E-state index is 0.0287. The van der Waals surface area contributed by atoms with Crippen LogP contribution in [0.5, 0.6) is 0 Å². The van der Waals surface area contributed by atoms with Crippen molar-refractivity contribution in [2.45, 2.75) is 25.8 Å². The van der Waals surface area contributed by atoms with Crippen LogP contribution in [0.25, 0.3) is 11.0 Å². The van der Waals surface area contributed by atoms with Crippen molar-refractivity contribution in [3.8, 4) is 0 Å². The molecule has 0 spiro atoms. The van der Waals surface area contributed by atoms with E-state index in [4.69, 9.17) is 0 Å². The highest BCUT2D eigenvalue weighted by atomic mass is 79.9. The van der Waals surface area contributed by atoms with Crippen LogP contribution in [-0.2, 0) is 7.05 Å². The summed E-state index contributed by atoms with van der Waals surface area (Å²) in [6, 6.07) is 4.06. The standard InChI is InChI=1S/C17H19BrN6OS/c1-10-3-4-12(26-10)17(25)21-11-5-7-24(8-6-11)16-13-14(18)22-23(2)15(13)19-9-20-16/h3-4,9,11H,5-8H2,1-2H3,(H,21,25). The number of rotatable bonds is 3. The van der Waals surface area contributed by atoms with E-state index in [1.54, 1.807) is 11.0 Å². The van der Waals surface area contributed by atoms with Gasteiger partial charge in [0.15, 0.2) is 5.65 Å². The van der Waals surface area contributed by atoms with Gasteiger partial charge in [0.1, 0.15) is 16.7 Å². The molecule has 0 atom stereocenters. The molecule has 1 aliphatic heterocycles. The van der Waals surface area contributed by atoms with Crippen molar-refractivity contribution in [1.82, 2.24) is 25.1 Å². The number of amides is 1. The van der Waals surface area contributed by atoms with Gasteiger partial charge < -0.3 is 10.2 Å². The number of halogens is 1. The molecular weight excluding hydrogens is 416 g/mol. The summed E-state index contributed by atoms with van der Waals surface area (Å²) in [5.41, 5.74) is 0.811. The molecule has 0 radical (unpaired) electrons. The monoisotopic (exact) mass is 434 g/mol. The van der Waals surface area contributed by atoms with Crippen molar-refractivity contribution in [2.75, 3.05) is 18.0 Å². The number of hydrogen-bond donors (Lipinski definition) is 1. The summed E-state index contributed by atoms with van der Waals surface area (Å²) in [5, 5.41) is 8.48. The Bertz CT molecular complexity index is 959. The quantitative estimate of drug-likeness (QED) is 0.685. The molecule has 26 heavy (non-hydrogen) atoms. The summed E-state index contributed by atoms with van der Waals surface area (Å²) in [4.78, 5) is 25.3. The number of piperidine rings is 1. The first-order valence-electron chi connectivity index (χ1n) is 8.48. The minimum Gasteiger partial charge on any atom is -0.356 e. The number of carbonyl (C=O) groups is 1. The van der Waals surface area contributed by atoms with Gasteiger partial charge in [-0.15, -0.1) is 11.3 Å². The van der Waals surface area contributed by atoms with Gasteiger partial charge in [-0.05, 0) is 47.8 Å². The number of carbonyl (C=O) groups excluding carboxylic acids is 1. The molecule has 0 aromatic carbocycles. The molecule has 136 valence electrons. The lowest BCUT2D eigenvalue weighted by Crippen LogP contribution is -2.44. The molecule has 1 fully saturated rings. The lowest BCUT2D eigenvalue weighted by Gasteiger charge is -2.33. The van der Waals surface area contributed by atoms with Crippen LogP contribution in [0.1, 0.15) is 27.4 Å². The average molecular weight is 435 g/mol. The summed E-state index contributed by atoms with van der Waals surface area (Å²) in [5.74, 6) is 0.926. The molecule has 3 aromatic heterocycles. The molecule has 9 heteroatoms. The second-order valence-electron chi connectivity index (χ2n) is 6.46. The van der Waals surface area contributed by atoms with Gasteiger partial charge in [0.2, 0.25) is 0 Å². The molecule has 7 nitrogen and oxygen atoms in total. The molecule has 3 aromatic rings. The summed E-state index contributed by atoms with van der Waals surface area (Å²) in [6.07, 6.45) is 3.36. The number of aromatic nitrogens is 4. The zero-order valence-corrected chi connectivity index (χ0v) is 17.0. The maximum absolute atomic E-state index is 12.3. The molecule has 1 amide bonds. The summed E-state index contributed by atoms with van der Waals surface area (Å²) >= 11 is 5.05. The normalized spacial score (nSPS) is 15.6. The molecule has 4 rings (SSSR count). The third-order valence-corrected chi connectivity index (χ3v) is 6.21.